The highest BCUT2D eigenvalue weighted by atomic mass is 35.5. The summed E-state index contributed by atoms with van der Waals surface area (Å²) in [6.45, 7) is 0.981. The first kappa shape index (κ1) is 15.0. The lowest BCUT2D eigenvalue weighted by Gasteiger charge is -2.16. The van der Waals surface area contributed by atoms with Gasteiger partial charge in [0.25, 0.3) is 6.43 Å². The Labute approximate surface area is 97.5 Å². The van der Waals surface area contributed by atoms with Gasteiger partial charge in [-0.3, -0.25) is 4.98 Å². The summed E-state index contributed by atoms with van der Waals surface area (Å²) in [5.74, 6) is -0.380. The van der Waals surface area contributed by atoms with Crippen molar-refractivity contribution in [1.29, 1.82) is 0 Å². The Balaban J connectivity index is 0.00000225. The van der Waals surface area contributed by atoms with Gasteiger partial charge in [0, 0.05) is 17.3 Å². The number of hydrogen-bond acceptors (Lipinski definition) is 4. The molecule has 0 aliphatic heterocycles. The lowest BCUT2D eigenvalue weighted by Crippen LogP contribution is -2.21. The van der Waals surface area contributed by atoms with E-state index in [1.165, 1.54) is 13.1 Å². The van der Waals surface area contributed by atoms with Crippen molar-refractivity contribution in [2.75, 3.05) is 0 Å². The number of halogens is 3. The van der Waals surface area contributed by atoms with E-state index in [4.69, 9.17) is 10.8 Å². The summed E-state index contributed by atoms with van der Waals surface area (Å²) in [6.07, 6.45) is -1.57. The van der Waals surface area contributed by atoms with E-state index in [1.807, 2.05) is 0 Å². The SMILES string of the molecule is Cc1ncc(CO)c([C@@H](N)C(F)F)c1O.Cl. The van der Waals surface area contributed by atoms with Gasteiger partial charge in [0.2, 0.25) is 0 Å². The number of rotatable bonds is 3. The van der Waals surface area contributed by atoms with Crippen LogP contribution in [0.4, 0.5) is 8.78 Å². The van der Waals surface area contributed by atoms with Crippen molar-refractivity contribution in [2.24, 2.45) is 5.73 Å². The van der Waals surface area contributed by atoms with Gasteiger partial charge >= 0.3 is 0 Å². The largest absolute Gasteiger partial charge is 0.506 e. The summed E-state index contributed by atoms with van der Waals surface area (Å²) in [7, 11) is 0. The van der Waals surface area contributed by atoms with Gasteiger partial charge < -0.3 is 15.9 Å². The predicted octanol–water partition coefficient (Wildman–Crippen LogP) is 1.27. The van der Waals surface area contributed by atoms with Gasteiger partial charge in [-0.05, 0) is 6.92 Å². The van der Waals surface area contributed by atoms with Crippen LogP contribution in [0.15, 0.2) is 6.20 Å². The predicted molar refractivity (Wildman–Crippen MR) is 56.7 cm³/mol. The Morgan fingerprint density at radius 2 is 2.06 bits per heavy atom. The molecule has 0 saturated carbocycles. The second-order valence-corrected chi connectivity index (χ2v) is 3.15. The average Bonchev–Trinajstić information content (AvgIpc) is 2.20. The minimum atomic E-state index is -2.80. The van der Waals surface area contributed by atoms with Gasteiger partial charge in [0.05, 0.1) is 18.3 Å². The third-order valence-electron chi connectivity index (χ3n) is 2.13. The highest BCUT2D eigenvalue weighted by Crippen LogP contribution is 2.31. The fourth-order valence-corrected chi connectivity index (χ4v) is 1.28. The molecule has 1 heterocycles. The zero-order valence-corrected chi connectivity index (χ0v) is 9.34. The number of nitrogens with zero attached hydrogens (tertiary/aromatic N) is 1. The molecule has 0 aliphatic carbocycles. The molecule has 4 N–H and O–H groups in total. The maximum Gasteiger partial charge on any atom is 0.257 e. The van der Waals surface area contributed by atoms with E-state index in [1.54, 1.807) is 0 Å². The summed E-state index contributed by atoms with van der Waals surface area (Å²) in [5.41, 5.74) is 5.42. The Hall–Kier alpha value is -0.980. The average molecular weight is 255 g/mol. The van der Waals surface area contributed by atoms with Crippen molar-refractivity contribution in [1.82, 2.24) is 4.98 Å². The van der Waals surface area contributed by atoms with E-state index < -0.39 is 19.1 Å². The molecular weight excluding hydrogens is 242 g/mol. The van der Waals surface area contributed by atoms with Gasteiger partial charge in [-0.25, -0.2) is 8.78 Å². The molecule has 0 amide bonds. The first-order valence-corrected chi connectivity index (χ1v) is 4.31. The van der Waals surface area contributed by atoms with Crippen molar-refractivity contribution in [3.63, 3.8) is 0 Å². The number of nitrogens with two attached hydrogens (primary N) is 1. The number of aromatic nitrogens is 1. The van der Waals surface area contributed by atoms with Crippen LogP contribution >= 0.6 is 12.4 Å². The van der Waals surface area contributed by atoms with Crippen LogP contribution in [0.1, 0.15) is 22.9 Å². The van der Waals surface area contributed by atoms with Crippen molar-refractivity contribution < 1.29 is 19.0 Å². The van der Waals surface area contributed by atoms with Crippen LogP contribution < -0.4 is 5.73 Å². The van der Waals surface area contributed by atoms with E-state index in [9.17, 15) is 13.9 Å². The minimum Gasteiger partial charge on any atom is -0.506 e. The van der Waals surface area contributed by atoms with Gasteiger partial charge in [-0.2, -0.15) is 0 Å². The van der Waals surface area contributed by atoms with E-state index in [0.29, 0.717) is 0 Å². The van der Waals surface area contributed by atoms with Crippen molar-refractivity contribution in [2.45, 2.75) is 26.0 Å². The third kappa shape index (κ3) is 2.78. The summed E-state index contributed by atoms with van der Waals surface area (Å²) in [6, 6.07) is -1.62. The van der Waals surface area contributed by atoms with Crippen molar-refractivity contribution >= 4 is 12.4 Å². The van der Waals surface area contributed by atoms with Crippen LogP contribution in [0.3, 0.4) is 0 Å². The lowest BCUT2D eigenvalue weighted by atomic mass is 10.0. The second-order valence-electron chi connectivity index (χ2n) is 3.15. The molecule has 1 atom stereocenters. The summed E-state index contributed by atoms with van der Waals surface area (Å²) in [5, 5.41) is 18.5. The number of alkyl halides is 2. The quantitative estimate of drug-likeness (QED) is 0.759. The highest BCUT2D eigenvalue weighted by molar-refractivity contribution is 5.85. The maximum atomic E-state index is 12.4. The van der Waals surface area contributed by atoms with E-state index in [0.717, 1.165) is 0 Å². The molecule has 0 aromatic carbocycles. The molecule has 0 bridgehead atoms. The summed E-state index contributed by atoms with van der Waals surface area (Å²) >= 11 is 0. The number of aliphatic hydroxyl groups excluding tert-OH is 1. The van der Waals surface area contributed by atoms with Crippen molar-refractivity contribution in [3.05, 3.63) is 23.0 Å². The van der Waals surface area contributed by atoms with Crippen LogP contribution in [-0.2, 0) is 6.61 Å². The Morgan fingerprint density at radius 1 is 1.50 bits per heavy atom. The summed E-state index contributed by atoms with van der Waals surface area (Å²) < 4.78 is 24.8. The number of hydrogen-bond donors (Lipinski definition) is 3. The molecule has 1 aromatic rings. The van der Waals surface area contributed by atoms with Crippen LogP contribution in [-0.4, -0.2) is 21.6 Å². The standard InChI is InChI=1S/C9H12F2N2O2.ClH/c1-4-8(15)6(7(12)9(10)11)5(3-14)2-13-4;/h2,7,9,14-15H,3,12H2,1H3;1H/t7-;/m1./s1. The topological polar surface area (TPSA) is 79.4 Å². The van der Waals surface area contributed by atoms with Crippen LogP contribution in [0, 0.1) is 6.92 Å². The Kier molecular flexibility index (Phi) is 5.57. The molecule has 0 aliphatic rings. The Bertz CT molecular complexity index is 364. The molecule has 1 aromatic heterocycles. The molecular formula is C9H13ClF2N2O2. The minimum absolute atomic E-state index is 0. The molecule has 92 valence electrons. The molecule has 16 heavy (non-hydrogen) atoms. The molecule has 0 spiro atoms. The third-order valence-corrected chi connectivity index (χ3v) is 2.13. The maximum absolute atomic E-state index is 12.4. The van der Waals surface area contributed by atoms with Crippen molar-refractivity contribution in [3.8, 4) is 5.75 Å². The van der Waals surface area contributed by atoms with Gasteiger partial charge in [-0.15, -0.1) is 12.4 Å². The molecule has 4 nitrogen and oxygen atoms in total. The zero-order chi connectivity index (χ0) is 11.6. The van der Waals surface area contributed by atoms with Crippen LogP contribution in [0.25, 0.3) is 0 Å². The number of aliphatic hydroxyl groups is 1. The van der Waals surface area contributed by atoms with Crippen LogP contribution in [0.5, 0.6) is 5.75 Å². The van der Waals surface area contributed by atoms with E-state index in [2.05, 4.69) is 4.98 Å². The molecule has 0 fully saturated rings. The first-order chi connectivity index (χ1) is 6.99. The second kappa shape index (κ2) is 5.93. The molecule has 0 radical (unpaired) electrons. The molecule has 1 rings (SSSR count). The summed E-state index contributed by atoms with van der Waals surface area (Å²) in [4.78, 5) is 3.74. The monoisotopic (exact) mass is 254 g/mol. The van der Waals surface area contributed by atoms with E-state index >= 15 is 0 Å². The zero-order valence-electron chi connectivity index (χ0n) is 8.52. The van der Waals surface area contributed by atoms with E-state index in [-0.39, 0.29) is 35.0 Å². The molecule has 7 heteroatoms. The van der Waals surface area contributed by atoms with Gasteiger partial charge in [0.1, 0.15) is 5.75 Å². The number of pyridine rings is 1. The Morgan fingerprint density at radius 3 is 2.50 bits per heavy atom. The van der Waals surface area contributed by atoms with Gasteiger partial charge in [0.15, 0.2) is 0 Å². The fourth-order valence-electron chi connectivity index (χ4n) is 1.28. The fraction of sp³-hybridized carbons (Fsp3) is 0.444. The molecule has 0 unspecified atom stereocenters. The highest BCUT2D eigenvalue weighted by Gasteiger charge is 2.25. The van der Waals surface area contributed by atoms with Crippen LogP contribution in [0.2, 0.25) is 0 Å². The number of aromatic hydroxyl groups is 1. The number of aryl methyl sites for hydroxylation is 1. The molecule has 0 saturated heterocycles. The first-order valence-electron chi connectivity index (χ1n) is 4.31. The lowest BCUT2D eigenvalue weighted by molar-refractivity contribution is 0.114. The normalized spacial score (nSPS) is 12.4. The smallest absolute Gasteiger partial charge is 0.257 e. The van der Waals surface area contributed by atoms with Gasteiger partial charge in [-0.1, -0.05) is 0 Å².